The van der Waals surface area contributed by atoms with Crippen molar-refractivity contribution in [2.24, 2.45) is 0 Å². The number of ether oxygens (including phenoxy) is 1. The number of carbonyl (C=O) groups excluding carboxylic acids is 1. The minimum atomic E-state index is -0.535. The van der Waals surface area contributed by atoms with Crippen LogP contribution in [-0.2, 0) is 4.74 Å². The van der Waals surface area contributed by atoms with Crippen LogP contribution in [0.5, 0.6) is 0 Å². The number of benzene rings is 1. The lowest BCUT2D eigenvalue weighted by Crippen LogP contribution is -2.07. The Bertz CT molecular complexity index is 548. The zero-order valence-corrected chi connectivity index (χ0v) is 11.2. The lowest BCUT2D eigenvalue weighted by Gasteiger charge is -2.05. The molecular weight excluding hydrogens is 333 g/mol. The van der Waals surface area contributed by atoms with Gasteiger partial charge in [-0.25, -0.2) is 9.78 Å². The van der Waals surface area contributed by atoms with Crippen LogP contribution in [0.15, 0.2) is 30.6 Å². The van der Waals surface area contributed by atoms with Crippen molar-refractivity contribution >= 4 is 34.4 Å². The first-order valence-electron chi connectivity index (χ1n) is 4.80. The molecule has 0 spiro atoms. The van der Waals surface area contributed by atoms with Gasteiger partial charge < -0.3 is 10.5 Å². The number of nitrogens with zero attached hydrogens (tertiary/aromatic N) is 2. The number of aromatic nitrogens is 2. The topological polar surface area (TPSA) is 70.1 Å². The number of esters is 1. The van der Waals surface area contributed by atoms with Crippen molar-refractivity contribution in [3.63, 3.8) is 0 Å². The van der Waals surface area contributed by atoms with Crippen LogP contribution < -0.4 is 5.73 Å². The van der Waals surface area contributed by atoms with E-state index in [1.165, 1.54) is 13.4 Å². The highest BCUT2D eigenvalue weighted by molar-refractivity contribution is 14.1. The van der Waals surface area contributed by atoms with E-state index in [0.29, 0.717) is 0 Å². The number of imidazole rings is 1. The second-order valence-electron chi connectivity index (χ2n) is 3.32. The van der Waals surface area contributed by atoms with Gasteiger partial charge in [0, 0.05) is 9.26 Å². The van der Waals surface area contributed by atoms with E-state index in [1.807, 2.05) is 24.3 Å². The summed E-state index contributed by atoms with van der Waals surface area (Å²) < 4.78 is 7.35. The molecule has 0 atom stereocenters. The molecular formula is C11H10IN3O2. The van der Waals surface area contributed by atoms with E-state index in [1.54, 1.807) is 4.57 Å². The van der Waals surface area contributed by atoms with Gasteiger partial charge in [-0.1, -0.05) is 0 Å². The third kappa shape index (κ3) is 2.26. The zero-order valence-electron chi connectivity index (χ0n) is 9.05. The molecule has 0 saturated carbocycles. The summed E-state index contributed by atoms with van der Waals surface area (Å²) in [4.78, 5) is 15.3. The van der Waals surface area contributed by atoms with Crippen LogP contribution in [-0.4, -0.2) is 22.6 Å². The molecule has 6 heteroatoms. The number of hydrogen-bond donors (Lipinski definition) is 1. The molecule has 88 valence electrons. The van der Waals surface area contributed by atoms with E-state index in [2.05, 4.69) is 32.3 Å². The Labute approximate surface area is 112 Å². The average molecular weight is 343 g/mol. The Kier molecular flexibility index (Phi) is 3.32. The van der Waals surface area contributed by atoms with Crippen molar-refractivity contribution in [2.75, 3.05) is 12.8 Å². The molecule has 0 aliphatic heterocycles. The van der Waals surface area contributed by atoms with Gasteiger partial charge >= 0.3 is 5.97 Å². The molecule has 2 N–H and O–H groups in total. The van der Waals surface area contributed by atoms with E-state index < -0.39 is 5.97 Å². The van der Waals surface area contributed by atoms with Crippen molar-refractivity contribution in [1.82, 2.24) is 9.55 Å². The SMILES string of the molecule is COC(=O)c1ncn(-c2ccc(I)cc2)c1N. The van der Waals surface area contributed by atoms with E-state index in [4.69, 9.17) is 5.73 Å². The molecule has 1 aromatic heterocycles. The molecule has 0 amide bonds. The lowest BCUT2D eigenvalue weighted by molar-refractivity contribution is 0.0596. The fourth-order valence-corrected chi connectivity index (χ4v) is 1.78. The zero-order chi connectivity index (χ0) is 12.4. The molecule has 0 radical (unpaired) electrons. The summed E-state index contributed by atoms with van der Waals surface area (Å²) in [5.41, 5.74) is 6.83. The summed E-state index contributed by atoms with van der Waals surface area (Å²) in [7, 11) is 1.30. The molecule has 2 aromatic rings. The van der Waals surface area contributed by atoms with Crippen LogP contribution in [0.1, 0.15) is 10.5 Å². The number of methoxy groups -OCH3 is 1. The highest BCUT2D eigenvalue weighted by atomic mass is 127. The Morgan fingerprint density at radius 3 is 2.65 bits per heavy atom. The van der Waals surface area contributed by atoms with Gasteiger partial charge in [0.15, 0.2) is 5.69 Å². The van der Waals surface area contributed by atoms with Crippen molar-refractivity contribution in [1.29, 1.82) is 0 Å². The van der Waals surface area contributed by atoms with Crippen LogP contribution >= 0.6 is 22.6 Å². The van der Waals surface area contributed by atoms with E-state index in [-0.39, 0.29) is 11.5 Å². The fourth-order valence-electron chi connectivity index (χ4n) is 1.42. The van der Waals surface area contributed by atoms with Gasteiger partial charge in [-0.05, 0) is 46.9 Å². The number of nitrogens with two attached hydrogens (primary N) is 1. The molecule has 0 aliphatic rings. The van der Waals surface area contributed by atoms with Crippen molar-refractivity contribution in [3.05, 3.63) is 39.9 Å². The molecule has 0 unspecified atom stereocenters. The molecule has 0 aliphatic carbocycles. The molecule has 1 heterocycles. The summed E-state index contributed by atoms with van der Waals surface area (Å²) in [5.74, 6) is -0.259. The first kappa shape index (κ1) is 11.9. The van der Waals surface area contributed by atoms with Gasteiger partial charge in [-0.2, -0.15) is 0 Å². The van der Waals surface area contributed by atoms with Crippen molar-refractivity contribution < 1.29 is 9.53 Å². The Balaban J connectivity index is 2.44. The van der Waals surface area contributed by atoms with Crippen molar-refractivity contribution in [3.8, 4) is 5.69 Å². The number of hydrogen-bond acceptors (Lipinski definition) is 4. The lowest BCUT2D eigenvalue weighted by atomic mass is 10.3. The quantitative estimate of drug-likeness (QED) is 0.667. The summed E-state index contributed by atoms with van der Waals surface area (Å²) in [5, 5.41) is 0. The molecule has 0 saturated heterocycles. The Hall–Kier alpha value is -1.57. The predicted octanol–water partition coefficient (Wildman–Crippen LogP) is 1.85. The fraction of sp³-hybridized carbons (Fsp3) is 0.0909. The standard InChI is InChI=1S/C11H10IN3O2/c1-17-11(16)9-10(13)15(6-14-9)8-4-2-7(12)3-5-8/h2-6H,13H2,1H3. The molecule has 0 fully saturated rings. The number of nitrogen functional groups attached to an aromatic ring is 1. The van der Waals surface area contributed by atoms with E-state index in [9.17, 15) is 4.79 Å². The second kappa shape index (κ2) is 4.74. The minimum Gasteiger partial charge on any atom is -0.464 e. The third-order valence-electron chi connectivity index (χ3n) is 2.29. The number of halogens is 1. The van der Waals surface area contributed by atoms with Gasteiger partial charge in [0.05, 0.1) is 7.11 Å². The predicted molar refractivity (Wildman–Crippen MR) is 72.0 cm³/mol. The maximum Gasteiger partial charge on any atom is 0.360 e. The van der Waals surface area contributed by atoms with Gasteiger partial charge in [0.2, 0.25) is 0 Å². The summed E-state index contributed by atoms with van der Waals surface area (Å²) >= 11 is 2.22. The Morgan fingerprint density at radius 1 is 1.41 bits per heavy atom. The van der Waals surface area contributed by atoms with Gasteiger partial charge in [0.25, 0.3) is 0 Å². The first-order valence-corrected chi connectivity index (χ1v) is 5.88. The van der Waals surface area contributed by atoms with Gasteiger partial charge in [0.1, 0.15) is 12.1 Å². The van der Waals surface area contributed by atoms with Crippen LogP contribution in [0.2, 0.25) is 0 Å². The third-order valence-corrected chi connectivity index (χ3v) is 3.01. The van der Waals surface area contributed by atoms with Crippen LogP contribution in [0.3, 0.4) is 0 Å². The highest BCUT2D eigenvalue weighted by Gasteiger charge is 2.16. The smallest absolute Gasteiger partial charge is 0.360 e. The molecule has 5 nitrogen and oxygen atoms in total. The van der Waals surface area contributed by atoms with Gasteiger partial charge in [-0.3, -0.25) is 4.57 Å². The average Bonchev–Trinajstić information content (AvgIpc) is 2.71. The molecule has 2 rings (SSSR count). The largest absolute Gasteiger partial charge is 0.464 e. The normalized spacial score (nSPS) is 10.2. The minimum absolute atomic E-state index is 0.131. The number of carbonyl (C=O) groups is 1. The first-order chi connectivity index (χ1) is 8.13. The maximum atomic E-state index is 11.4. The Morgan fingerprint density at radius 2 is 2.06 bits per heavy atom. The van der Waals surface area contributed by atoms with Crippen LogP contribution in [0, 0.1) is 3.57 Å². The second-order valence-corrected chi connectivity index (χ2v) is 4.56. The van der Waals surface area contributed by atoms with Crippen LogP contribution in [0.25, 0.3) is 5.69 Å². The van der Waals surface area contributed by atoms with Crippen molar-refractivity contribution in [2.45, 2.75) is 0 Å². The van der Waals surface area contributed by atoms with E-state index in [0.717, 1.165) is 9.26 Å². The highest BCUT2D eigenvalue weighted by Crippen LogP contribution is 2.18. The van der Waals surface area contributed by atoms with Gasteiger partial charge in [-0.15, -0.1) is 0 Å². The number of anilines is 1. The maximum absolute atomic E-state index is 11.4. The summed E-state index contributed by atoms with van der Waals surface area (Å²) in [6.45, 7) is 0. The monoisotopic (exact) mass is 343 g/mol. The number of rotatable bonds is 2. The van der Waals surface area contributed by atoms with E-state index >= 15 is 0 Å². The molecule has 0 bridgehead atoms. The summed E-state index contributed by atoms with van der Waals surface area (Å²) in [6, 6.07) is 7.71. The molecule has 17 heavy (non-hydrogen) atoms. The summed E-state index contributed by atoms with van der Waals surface area (Å²) in [6.07, 6.45) is 1.50. The van der Waals surface area contributed by atoms with Crippen LogP contribution in [0.4, 0.5) is 5.82 Å². The molecule has 1 aromatic carbocycles.